The molecule has 0 aromatic carbocycles. The predicted molar refractivity (Wildman–Crippen MR) is 70.8 cm³/mol. The largest absolute Gasteiger partial charge is 0.303 e. The van der Waals surface area contributed by atoms with E-state index in [0.717, 1.165) is 38.9 Å². The Bertz CT molecular complexity index is 160. The number of rotatable bonds is 11. The normalized spacial score (nSPS) is 11.0. The lowest BCUT2D eigenvalue weighted by atomic mass is 10.1. The molecule has 0 aliphatic rings. The van der Waals surface area contributed by atoms with Gasteiger partial charge in [-0.15, -0.1) is 0 Å². The fraction of sp³-hybridized carbons (Fsp3) is 0.929. The highest BCUT2D eigenvalue weighted by molar-refractivity contribution is 5.78. The van der Waals surface area contributed by atoms with Crippen LogP contribution in [0.5, 0.6) is 0 Å². The first-order valence-corrected chi connectivity index (χ1v) is 6.98. The minimum absolute atomic E-state index is 0.431. The van der Waals surface area contributed by atoms with Gasteiger partial charge in [0.2, 0.25) is 0 Å². The van der Waals surface area contributed by atoms with E-state index in [1.165, 1.54) is 25.7 Å². The lowest BCUT2D eigenvalue weighted by Gasteiger charge is -2.21. The van der Waals surface area contributed by atoms with Gasteiger partial charge in [-0.3, -0.25) is 4.79 Å². The van der Waals surface area contributed by atoms with Crippen LogP contribution in [0.3, 0.4) is 0 Å². The van der Waals surface area contributed by atoms with Gasteiger partial charge in [0, 0.05) is 19.4 Å². The minimum Gasteiger partial charge on any atom is -0.303 e. The van der Waals surface area contributed by atoms with E-state index in [9.17, 15) is 4.79 Å². The highest BCUT2D eigenvalue weighted by Crippen LogP contribution is 2.02. The predicted octanol–water partition coefficient (Wildman–Crippen LogP) is 3.65. The van der Waals surface area contributed by atoms with E-state index in [4.69, 9.17) is 0 Å². The molecule has 2 heteroatoms. The molecule has 0 spiro atoms. The van der Waals surface area contributed by atoms with Crippen LogP contribution in [-0.2, 0) is 4.79 Å². The van der Waals surface area contributed by atoms with Crippen molar-refractivity contribution in [2.75, 3.05) is 19.6 Å². The first-order chi connectivity index (χ1) is 7.74. The van der Waals surface area contributed by atoms with Crippen LogP contribution in [0.4, 0.5) is 0 Å². The number of carbonyl (C=O) groups is 1. The second-order valence-corrected chi connectivity index (χ2v) is 4.59. The van der Waals surface area contributed by atoms with Gasteiger partial charge in [-0.2, -0.15) is 0 Å². The average molecular weight is 227 g/mol. The van der Waals surface area contributed by atoms with E-state index >= 15 is 0 Å². The van der Waals surface area contributed by atoms with E-state index in [-0.39, 0.29) is 0 Å². The topological polar surface area (TPSA) is 20.3 Å². The van der Waals surface area contributed by atoms with Crippen LogP contribution in [0.2, 0.25) is 0 Å². The van der Waals surface area contributed by atoms with Gasteiger partial charge >= 0.3 is 0 Å². The van der Waals surface area contributed by atoms with E-state index in [2.05, 4.69) is 25.7 Å². The summed E-state index contributed by atoms with van der Waals surface area (Å²) in [6.45, 7) is 9.81. The van der Waals surface area contributed by atoms with Crippen molar-refractivity contribution >= 4 is 5.78 Å². The quantitative estimate of drug-likeness (QED) is 0.537. The molecule has 0 bridgehead atoms. The molecular formula is C14H29NO. The van der Waals surface area contributed by atoms with E-state index in [1.807, 2.05) is 0 Å². The van der Waals surface area contributed by atoms with Crippen molar-refractivity contribution in [2.24, 2.45) is 0 Å². The van der Waals surface area contributed by atoms with Crippen molar-refractivity contribution in [3.63, 3.8) is 0 Å². The zero-order chi connectivity index (χ0) is 12.2. The van der Waals surface area contributed by atoms with E-state index < -0.39 is 0 Å². The first-order valence-electron chi connectivity index (χ1n) is 6.98. The van der Waals surface area contributed by atoms with Crippen molar-refractivity contribution < 1.29 is 4.79 Å². The minimum atomic E-state index is 0.431. The van der Waals surface area contributed by atoms with E-state index in [1.54, 1.807) is 0 Å². The third kappa shape index (κ3) is 8.90. The Kier molecular flexibility index (Phi) is 10.9. The second kappa shape index (κ2) is 11.1. The Morgan fingerprint density at radius 3 is 1.81 bits per heavy atom. The van der Waals surface area contributed by atoms with Gasteiger partial charge in [0.1, 0.15) is 5.78 Å². The molecule has 0 fully saturated rings. The molecule has 0 rings (SSSR count). The fourth-order valence-corrected chi connectivity index (χ4v) is 1.79. The Balaban J connectivity index is 3.75. The standard InChI is InChI=1S/C14H29NO/c1-4-7-11-15(12-8-5-2)13-10-14(16)9-6-3/h4-13H2,1-3H3. The summed E-state index contributed by atoms with van der Waals surface area (Å²) in [6, 6.07) is 0. The second-order valence-electron chi connectivity index (χ2n) is 4.59. The molecule has 0 aromatic heterocycles. The summed E-state index contributed by atoms with van der Waals surface area (Å²) in [6.07, 6.45) is 7.49. The molecule has 0 heterocycles. The number of unbranched alkanes of at least 4 members (excludes halogenated alkanes) is 2. The maximum atomic E-state index is 11.5. The Morgan fingerprint density at radius 2 is 1.38 bits per heavy atom. The molecule has 0 saturated heterocycles. The van der Waals surface area contributed by atoms with Crippen LogP contribution in [0.15, 0.2) is 0 Å². The molecule has 0 aliphatic carbocycles. The van der Waals surface area contributed by atoms with Crippen molar-refractivity contribution in [3.8, 4) is 0 Å². The Labute approximate surface area is 101 Å². The summed E-state index contributed by atoms with van der Waals surface area (Å²) < 4.78 is 0. The monoisotopic (exact) mass is 227 g/mol. The number of hydrogen-bond acceptors (Lipinski definition) is 2. The van der Waals surface area contributed by atoms with Gasteiger partial charge in [-0.25, -0.2) is 0 Å². The van der Waals surface area contributed by atoms with Crippen LogP contribution in [0.1, 0.15) is 65.7 Å². The number of carbonyl (C=O) groups excluding carboxylic acids is 1. The van der Waals surface area contributed by atoms with Crippen LogP contribution in [-0.4, -0.2) is 30.3 Å². The van der Waals surface area contributed by atoms with Gasteiger partial charge in [0.25, 0.3) is 0 Å². The number of ketones is 1. The third-order valence-corrected chi connectivity index (χ3v) is 2.89. The maximum absolute atomic E-state index is 11.5. The summed E-state index contributed by atoms with van der Waals surface area (Å²) in [7, 11) is 0. The zero-order valence-corrected chi connectivity index (χ0v) is 11.4. The SMILES string of the molecule is CCCCN(CCCC)CCC(=O)CCC. The number of hydrogen-bond donors (Lipinski definition) is 0. The lowest BCUT2D eigenvalue weighted by Crippen LogP contribution is -2.28. The summed E-state index contributed by atoms with van der Waals surface area (Å²) >= 11 is 0. The van der Waals surface area contributed by atoms with Crippen molar-refractivity contribution in [1.82, 2.24) is 4.90 Å². The molecule has 0 aromatic rings. The molecule has 96 valence electrons. The smallest absolute Gasteiger partial charge is 0.134 e. The molecule has 2 nitrogen and oxygen atoms in total. The van der Waals surface area contributed by atoms with Crippen LogP contribution >= 0.6 is 0 Å². The van der Waals surface area contributed by atoms with Crippen LogP contribution < -0.4 is 0 Å². The van der Waals surface area contributed by atoms with Crippen LogP contribution in [0, 0.1) is 0 Å². The van der Waals surface area contributed by atoms with Crippen molar-refractivity contribution in [3.05, 3.63) is 0 Å². The molecular weight excluding hydrogens is 198 g/mol. The molecule has 0 aliphatic heterocycles. The summed E-state index contributed by atoms with van der Waals surface area (Å²) in [5.74, 6) is 0.431. The molecule has 0 saturated carbocycles. The number of nitrogens with zero attached hydrogens (tertiary/aromatic N) is 1. The summed E-state index contributed by atoms with van der Waals surface area (Å²) in [5, 5.41) is 0. The molecule has 0 unspecified atom stereocenters. The lowest BCUT2D eigenvalue weighted by molar-refractivity contribution is -0.119. The molecule has 0 radical (unpaired) electrons. The molecule has 0 atom stereocenters. The van der Waals surface area contributed by atoms with Crippen molar-refractivity contribution in [1.29, 1.82) is 0 Å². The average Bonchev–Trinajstić information content (AvgIpc) is 2.28. The van der Waals surface area contributed by atoms with Gasteiger partial charge in [0.05, 0.1) is 0 Å². The van der Waals surface area contributed by atoms with E-state index in [0.29, 0.717) is 5.78 Å². The first kappa shape index (κ1) is 15.6. The Morgan fingerprint density at radius 1 is 0.812 bits per heavy atom. The highest BCUT2D eigenvalue weighted by atomic mass is 16.1. The van der Waals surface area contributed by atoms with Gasteiger partial charge in [-0.1, -0.05) is 33.6 Å². The van der Waals surface area contributed by atoms with Gasteiger partial charge in [-0.05, 0) is 32.4 Å². The molecule has 16 heavy (non-hydrogen) atoms. The summed E-state index contributed by atoms with van der Waals surface area (Å²) in [5.41, 5.74) is 0. The number of Topliss-reactive ketones (excluding diaryl/α,β-unsaturated/α-hetero) is 1. The highest BCUT2D eigenvalue weighted by Gasteiger charge is 2.06. The third-order valence-electron chi connectivity index (χ3n) is 2.89. The van der Waals surface area contributed by atoms with Gasteiger partial charge in [0.15, 0.2) is 0 Å². The molecule has 0 amide bonds. The van der Waals surface area contributed by atoms with Crippen molar-refractivity contribution in [2.45, 2.75) is 65.7 Å². The maximum Gasteiger partial charge on any atom is 0.134 e. The summed E-state index contributed by atoms with van der Waals surface area (Å²) in [4.78, 5) is 13.9. The van der Waals surface area contributed by atoms with Gasteiger partial charge < -0.3 is 4.90 Å². The molecule has 0 N–H and O–H groups in total. The zero-order valence-electron chi connectivity index (χ0n) is 11.4. The Hall–Kier alpha value is -0.370. The van der Waals surface area contributed by atoms with Crippen LogP contribution in [0.25, 0.3) is 0 Å². The fourth-order valence-electron chi connectivity index (χ4n) is 1.79.